The van der Waals surface area contributed by atoms with E-state index in [1.54, 1.807) is 6.07 Å². The fourth-order valence-electron chi connectivity index (χ4n) is 2.47. The molecule has 2 rings (SSSR count). The highest BCUT2D eigenvalue weighted by Crippen LogP contribution is 2.43. The third-order valence-electron chi connectivity index (χ3n) is 3.99. The van der Waals surface area contributed by atoms with Crippen LogP contribution >= 0.6 is 0 Å². The summed E-state index contributed by atoms with van der Waals surface area (Å²) in [5, 5.41) is 0. The summed E-state index contributed by atoms with van der Waals surface area (Å²) in [4.78, 5) is 0. The second kappa shape index (κ2) is 4.05. The van der Waals surface area contributed by atoms with Gasteiger partial charge in [0, 0.05) is 5.54 Å². The predicted molar refractivity (Wildman–Crippen MR) is 64.5 cm³/mol. The van der Waals surface area contributed by atoms with E-state index in [-0.39, 0.29) is 0 Å². The Kier molecular flexibility index (Phi) is 2.98. The lowest BCUT2D eigenvalue weighted by atomic mass is 9.67. The van der Waals surface area contributed by atoms with Crippen molar-refractivity contribution in [3.63, 3.8) is 0 Å². The van der Waals surface area contributed by atoms with Crippen molar-refractivity contribution in [1.82, 2.24) is 0 Å². The van der Waals surface area contributed by atoms with Crippen molar-refractivity contribution in [2.45, 2.75) is 45.1 Å². The van der Waals surface area contributed by atoms with Crippen LogP contribution in [0.4, 0.5) is 8.78 Å². The van der Waals surface area contributed by atoms with E-state index < -0.39 is 17.2 Å². The number of benzene rings is 1. The molecule has 0 heterocycles. The fraction of sp³-hybridized carbons (Fsp3) is 0.571. The molecule has 0 unspecified atom stereocenters. The molecule has 1 aromatic rings. The molecule has 0 spiro atoms. The van der Waals surface area contributed by atoms with Gasteiger partial charge in [0.15, 0.2) is 11.6 Å². The fourth-order valence-corrected chi connectivity index (χ4v) is 2.47. The first-order valence-corrected chi connectivity index (χ1v) is 6.07. The predicted octanol–water partition coefficient (Wildman–Crippen LogP) is 3.72. The first kappa shape index (κ1) is 12.5. The largest absolute Gasteiger partial charge is 0.321 e. The van der Waals surface area contributed by atoms with Crippen LogP contribution in [-0.2, 0) is 5.54 Å². The van der Waals surface area contributed by atoms with Crippen molar-refractivity contribution < 1.29 is 8.78 Å². The molecular formula is C14H19F2N. The van der Waals surface area contributed by atoms with Crippen LogP contribution < -0.4 is 5.73 Å². The highest BCUT2D eigenvalue weighted by Gasteiger charge is 2.36. The summed E-state index contributed by atoms with van der Waals surface area (Å²) < 4.78 is 26.1. The molecule has 17 heavy (non-hydrogen) atoms. The summed E-state index contributed by atoms with van der Waals surface area (Å²) in [5.41, 5.74) is 6.86. The van der Waals surface area contributed by atoms with Gasteiger partial charge in [-0.25, -0.2) is 8.78 Å². The average Bonchev–Trinajstić information content (AvgIpc) is 2.27. The summed E-state index contributed by atoms with van der Waals surface area (Å²) >= 11 is 0. The van der Waals surface area contributed by atoms with Crippen LogP contribution in [0.15, 0.2) is 18.2 Å². The first-order valence-electron chi connectivity index (χ1n) is 6.07. The van der Waals surface area contributed by atoms with Gasteiger partial charge in [-0.1, -0.05) is 19.9 Å². The molecule has 0 saturated heterocycles. The van der Waals surface area contributed by atoms with Crippen LogP contribution in [0.5, 0.6) is 0 Å². The van der Waals surface area contributed by atoms with Crippen LogP contribution in [-0.4, -0.2) is 0 Å². The van der Waals surface area contributed by atoms with Gasteiger partial charge in [0.25, 0.3) is 0 Å². The lowest BCUT2D eigenvalue weighted by Gasteiger charge is -2.41. The Balaban J connectivity index is 2.24. The normalized spacial score (nSPS) is 22.4. The minimum atomic E-state index is -0.812. The zero-order valence-electron chi connectivity index (χ0n) is 10.4. The van der Waals surface area contributed by atoms with Crippen LogP contribution in [0.25, 0.3) is 0 Å². The Labute approximate surface area is 101 Å². The van der Waals surface area contributed by atoms with Crippen LogP contribution in [0.2, 0.25) is 0 Å². The van der Waals surface area contributed by atoms with Crippen molar-refractivity contribution in [3.05, 3.63) is 35.4 Å². The van der Waals surface area contributed by atoms with E-state index in [9.17, 15) is 8.78 Å². The van der Waals surface area contributed by atoms with Gasteiger partial charge in [-0.2, -0.15) is 0 Å². The zero-order valence-corrected chi connectivity index (χ0v) is 10.4. The van der Waals surface area contributed by atoms with E-state index >= 15 is 0 Å². The smallest absolute Gasteiger partial charge is 0.159 e. The maximum atomic E-state index is 13.2. The lowest BCUT2D eigenvalue weighted by Crippen LogP contribution is -2.42. The quantitative estimate of drug-likeness (QED) is 0.794. The average molecular weight is 239 g/mol. The van der Waals surface area contributed by atoms with Crippen LogP contribution in [0, 0.1) is 17.0 Å². The number of hydrogen-bond acceptors (Lipinski definition) is 1. The molecule has 0 amide bonds. The van der Waals surface area contributed by atoms with Crippen molar-refractivity contribution in [1.29, 1.82) is 0 Å². The van der Waals surface area contributed by atoms with E-state index in [1.165, 1.54) is 12.1 Å². The third-order valence-corrected chi connectivity index (χ3v) is 3.99. The van der Waals surface area contributed by atoms with E-state index in [0.29, 0.717) is 11.0 Å². The summed E-state index contributed by atoms with van der Waals surface area (Å²) in [6, 6.07) is 4.02. The molecule has 3 heteroatoms. The molecule has 2 N–H and O–H groups in total. The summed E-state index contributed by atoms with van der Waals surface area (Å²) in [6.07, 6.45) is 3.68. The molecule has 0 radical (unpaired) electrons. The maximum absolute atomic E-state index is 13.2. The van der Waals surface area contributed by atoms with E-state index in [1.807, 2.05) is 0 Å². The number of halogens is 2. The van der Waals surface area contributed by atoms with Crippen LogP contribution in [0.3, 0.4) is 0 Å². The topological polar surface area (TPSA) is 26.0 Å². The molecule has 0 aromatic heterocycles. The highest BCUT2D eigenvalue weighted by molar-refractivity contribution is 5.26. The summed E-state index contributed by atoms with van der Waals surface area (Å²) in [7, 11) is 0. The molecule has 0 atom stereocenters. The molecule has 1 aromatic carbocycles. The Hall–Kier alpha value is -0.960. The molecule has 0 aliphatic heterocycles. The molecule has 1 aliphatic rings. The van der Waals surface area contributed by atoms with Gasteiger partial charge < -0.3 is 5.73 Å². The monoisotopic (exact) mass is 239 g/mol. The Morgan fingerprint density at radius 3 is 2.12 bits per heavy atom. The molecular weight excluding hydrogens is 220 g/mol. The van der Waals surface area contributed by atoms with Gasteiger partial charge in [-0.15, -0.1) is 0 Å². The molecule has 1 fully saturated rings. The van der Waals surface area contributed by atoms with Crippen molar-refractivity contribution in [2.75, 3.05) is 0 Å². The van der Waals surface area contributed by atoms with Gasteiger partial charge in [-0.05, 0) is 48.8 Å². The van der Waals surface area contributed by atoms with E-state index in [4.69, 9.17) is 5.73 Å². The van der Waals surface area contributed by atoms with Gasteiger partial charge >= 0.3 is 0 Å². The van der Waals surface area contributed by atoms with Gasteiger partial charge in [0.2, 0.25) is 0 Å². The minimum Gasteiger partial charge on any atom is -0.321 e. The van der Waals surface area contributed by atoms with E-state index in [0.717, 1.165) is 25.7 Å². The SMILES string of the molecule is CC1(C)CCC(N)(c2ccc(F)c(F)c2)CC1. The van der Waals surface area contributed by atoms with Gasteiger partial charge in [-0.3, -0.25) is 0 Å². The number of nitrogens with two attached hydrogens (primary N) is 1. The molecule has 0 bridgehead atoms. The molecule has 94 valence electrons. The second-order valence-corrected chi connectivity index (χ2v) is 5.95. The first-order chi connectivity index (χ1) is 7.82. The molecule has 1 saturated carbocycles. The summed E-state index contributed by atoms with van der Waals surface area (Å²) in [5.74, 6) is -1.62. The zero-order chi connectivity index (χ0) is 12.7. The molecule has 1 aliphatic carbocycles. The van der Waals surface area contributed by atoms with Crippen molar-refractivity contribution in [2.24, 2.45) is 11.1 Å². The van der Waals surface area contributed by atoms with Crippen molar-refractivity contribution in [3.8, 4) is 0 Å². The highest BCUT2D eigenvalue weighted by atomic mass is 19.2. The minimum absolute atomic E-state index is 0.307. The number of rotatable bonds is 1. The van der Waals surface area contributed by atoms with Gasteiger partial charge in [0.05, 0.1) is 0 Å². The Bertz CT molecular complexity index is 416. The van der Waals surface area contributed by atoms with Gasteiger partial charge in [0.1, 0.15) is 0 Å². The standard InChI is InChI=1S/C14H19F2N/c1-13(2)5-7-14(17,8-6-13)10-3-4-11(15)12(16)9-10/h3-4,9H,5-8,17H2,1-2H3. The lowest BCUT2D eigenvalue weighted by molar-refractivity contribution is 0.165. The van der Waals surface area contributed by atoms with Crippen LogP contribution in [0.1, 0.15) is 45.1 Å². The third kappa shape index (κ3) is 2.49. The van der Waals surface area contributed by atoms with Crippen molar-refractivity contribution >= 4 is 0 Å². The van der Waals surface area contributed by atoms with E-state index in [2.05, 4.69) is 13.8 Å². The molecule has 1 nitrogen and oxygen atoms in total. The summed E-state index contributed by atoms with van der Waals surface area (Å²) in [6.45, 7) is 4.44. The Morgan fingerprint density at radius 1 is 1.00 bits per heavy atom. The Morgan fingerprint density at radius 2 is 1.59 bits per heavy atom. The second-order valence-electron chi connectivity index (χ2n) is 5.95. The number of hydrogen-bond donors (Lipinski definition) is 1. The maximum Gasteiger partial charge on any atom is 0.159 e.